The molecule has 4 saturated heterocycles. The predicted octanol–water partition coefficient (Wildman–Crippen LogP) is 8.24. The lowest BCUT2D eigenvalue weighted by molar-refractivity contribution is -0.384. The zero-order chi connectivity index (χ0) is 48.1. The van der Waals surface area contributed by atoms with Crippen LogP contribution in [0.2, 0.25) is 0 Å². The predicted molar refractivity (Wildman–Crippen MR) is 266 cm³/mol. The number of aromatic amines is 1. The standard InChI is InChI=1S/C53H60N8O9S/c62-50(57-71(65,66)38-8-10-41(44(24-38)61(63)64)55-30-33-12-20-67-21-13-33)40-9-7-36(23-43(40)60-45-22-35-11-16-54-49(35)56-51(45)69-48-32-68-31-46(48)60)58-18-14-52(15-19-58)28-37(29-52)59-17-3-5-42(59)39-4-1-2-6-47(39)70-53-25-34(26-53)27-53/h1-2,4,6-11,16,22-24,33-34,37,42,46,48,55H,3,5,12-15,17-21,25-32H2,(H,54,56)(H,57,62)/t34?,42-,46+,48+,53?/m0/s1. The Hall–Kier alpha value is -5.95. The molecule has 2 bridgehead atoms. The maximum Gasteiger partial charge on any atom is 0.293 e. The molecule has 7 heterocycles. The first-order valence-electron chi connectivity index (χ1n) is 25.6. The third-order valence-corrected chi connectivity index (χ3v) is 18.7. The number of nitrogens with zero attached hydrogens (tertiary/aromatic N) is 5. The largest absolute Gasteiger partial charge is 0.487 e. The maximum atomic E-state index is 14.6. The van der Waals surface area contributed by atoms with Crippen LogP contribution in [0.1, 0.15) is 92.6 Å². The highest BCUT2D eigenvalue weighted by Gasteiger charge is 2.59. The lowest BCUT2D eigenvalue weighted by Crippen LogP contribution is -2.62. The number of aromatic nitrogens is 2. The third kappa shape index (κ3) is 8.05. The van der Waals surface area contributed by atoms with Crippen LogP contribution in [-0.4, -0.2) is 111 Å². The van der Waals surface area contributed by atoms with Gasteiger partial charge in [0.2, 0.25) is 5.88 Å². The number of anilines is 4. The Morgan fingerprint density at radius 1 is 0.915 bits per heavy atom. The third-order valence-electron chi connectivity index (χ3n) is 17.3. The van der Waals surface area contributed by atoms with Crippen molar-refractivity contribution < 1.29 is 37.1 Å². The van der Waals surface area contributed by atoms with Gasteiger partial charge in [-0.3, -0.25) is 19.8 Å². The number of para-hydroxylation sites is 1. The highest BCUT2D eigenvalue weighted by molar-refractivity contribution is 7.90. The number of carbonyl (C=O) groups is 1. The monoisotopic (exact) mass is 984 g/mol. The van der Waals surface area contributed by atoms with Crippen molar-refractivity contribution in [1.29, 1.82) is 0 Å². The number of fused-ring (bicyclic) bond motifs is 3. The smallest absolute Gasteiger partial charge is 0.293 e. The molecule has 3 aromatic carbocycles. The van der Waals surface area contributed by atoms with E-state index in [-0.39, 0.29) is 34.2 Å². The summed E-state index contributed by atoms with van der Waals surface area (Å²) in [6.07, 6.45) is 13.5. The summed E-state index contributed by atoms with van der Waals surface area (Å²) in [6, 6.07) is 22.5. The van der Waals surface area contributed by atoms with Crippen LogP contribution in [0.25, 0.3) is 11.0 Å². The number of rotatable bonds is 13. The van der Waals surface area contributed by atoms with Crippen molar-refractivity contribution in [2.24, 2.45) is 17.3 Å². The Kier molecular flexibility index (Phi) is 11.0. The van der Waals surface area contributed by atoms with Gasteiger partial charge in [-0.15, -0.1) is 0 Å². The van der Waals surface area contributed by atoms with Crippen molar-refractivity contribution in [3.8, 4) is 11.6 Å². The number of benzene rings is 3. The molecule has 1 amide bonds. The van der Waals surface area contributed by atoms with Gasteiger partial charge in [0.05, 0.1) is 40.3 Å². The van der Waals surface area contributed by atoms with E-state index in [0.717, 1.165) is 80.5 Å². The van der Waals surface area contributed by atoms with Crippen molar-refractivity contribution in [1.82, 2.24) is 19.6 Å². The number of amides is 1. The normalized spacial score (nSPS) is 27.0. The van der Waals surface area contributed by atoms with E-state index < -0.39 is 37.5 Å². The molecule has 14 rings (SSSR count). The van der Waals surface area contributed by atoms with Crippen molar-refractivity contribution in [2.75, 3.05) is 67.7 Å². The van der Waals surface area contributed by atoms with Crippen LogP contribution >= 0.6 is 0 Å². The summed E-state index contributed by atoms with van der Waals surface area (Å²) in [4.78, 5) is 41.1. The van der Waals surface area contributed by atoms with Gasteiger partial charge in [0.15, 0.2) is 0 Å². The van der Waals surface area contributed by atoms with E-state index in [2.05, 4.69) is 49.1 Å². The van der Waals surface area contributed by atoms with E-state index in [1.165, 1.54) is 56.2 Å². The van der Waals surface area contributed by atoms with E-state index in [9.17, 15) is 23.3 Å². The van der Waals surface area contributed by atoms with Crippen molar-refractivity contribution >= 4 is 55.4 Å². The Morgan fingerprint density at radius 3 is 2.52 bits per heavy atom. The van der Waals surface area contributed by atoms with Gasteiger partial charge in [-0.25, -0.2) is 13.1 Å². The van der Waals surface area contributed by atoms with Crippen molar-refractivity contribution in [2.45, 2.75) is 105 Å². The molecule has 4 aliphatic carbocycles. The minimum Gasteiger partial charge on any atom is -0.487 e. The number of pyridine rings is 1. The molecule has 9 aliphatic rings. The average molecular weight is 985 g/mol. The molecule has 2 aromatic heterocycles. The van der Waals surface area contributed by atoms with Gasteiger partial charge in [0, 0.05) is 73.8 Å². The number of hydrogen-bond donors (Lipinski definition) is 3. The molecule has 0 radical (unpaired) electrons. The van der Waals surface area contributed by atoms with Crippen LogP contribution in [0.4, 0.5) is 28.4 Å². The lowest BCUT2D eigenvalue weighted by Gasteiger charge is -2.60. The zero-order valence-electron chi connectivity index (χ0n) is 39.7. The van der Waals surface area contributed by atoms with E-state index in [1.54, 1.807) is 6.07 Å². The van der Waals surface area contributed by atoms with Gasteiger partial charge in [-0.1, -0.05) is 18.2 Å². The minimum absolute atomic E-state index is 0.0861. The van der Waals surface area contributed by atoms with Gasteiger partial charge < -0.3 is 39.0 Å². The highest BCUT2D eigenvalue weighted by Crippen LogP contribution is 2.60. The van der Waals surface area contributed by atoms with Crippen LogP contribution in [-0.2, 0) is 19.5 Å². The van der Waals surface area contributed by atoms with E-state index in [0.29, 0.717) is 68.0 Å². The average Bonchev–Trinajstić information content (AvgIpc) is 4.14. The molecule has 17 nitrogen and oxygen atoms in total. The Labute approximate surface area is 412 Å². The number of sulfonamides is 1. The van der Waals surface area contributed by atoms with Crippen LogP contribution in [0.3, 0.4) is 0 Å². The summed E-state index contributed by atoms with van der Waals surface area (Å²) in [6.45, 7) is 5.16. The van der Waals surface area contributed by atoms with Gasteiger partial charge >= 0.3 is 0 Å². The number of likely N-dealkylation sites (tertiary alicyclic amines) is 1. The molecular formula is C53H60N8O9S. The molecule has 3 N–H and O–H groups in total. The second-order valence-corrected chi connectivity index (χ2v) is 23.3. The number of nitro benzene ring substituents is 1. The van der Waals surface area contributed by atoms with Crippen LogP contribution in [0, 0.1) is 27.4 Å². The lowest BCUT2D eigenvalue weighted by atomic mass is 9.52. The second kappa shape index (κ2) is 17.4. The summed E-state index contributed by atoms with van der Waals surface area (Å²) in [7, 11) is -4.59. The van der Waals surface area contributed by atoms with E-state index >= 15 is 0 Å². The zero-order valence-corrected chi connectivity index (χ0v) is 40.5. The topological polar surface area (TPSA) is 194 Å². The van der Waals surface area contributed by atoms with Gasteiger partial charge in [0.1, 0.15) is 34.5 Å². The van der Waals surface area contributed by atoms with E-state index in [1.807, 2.05) is 35.4 Å². The SMILES string of the molecule is O=C(NS(=O)(=O)c1ccc(NCC2CCOCC2)c([N+](=O)[O-])c1)c1ccc(N2CCC3(CC2)CC(N2CCC[C@H]2c2ccccc2OC24CC(C2)C4)C3)cc1N1c2cc3cc[nH]c3nc2O[C@@H]2COC[C@H]21. The molecule has 0 unspecified atom stereocenters. The number of nitro groups is 1. The highest BCUT2D eigenvalue weighted by atomic mass is 32.2. The van der Waals surface area contributed by atoms with Gasteiger partial charge in [0.25, 0.3) is 21.6 Å². The fourth-order valence-electron chi connectivity index (χ4n) is 13.2. The quantitative estimate of drug-likeness (QED) is 0.0754. The maximum absolute atomic E-state index is 14.6. The summed E-state index contributed by atoms with van der Waals surface area (Å²) in [5, 5.41) is 16.3. The molecule has 3 atom stereocenters. The first-order valence-corrected chi connectivity index (χ1v) is 27.1. The Morgan fingerprint density at radius 2 is 1.73 bits per heavy atom. The molecular weight excluding hydrogens is 925 g/mol. The number of hydrogen-bond acceptors (Lipinski definition) is 14. The van der Waals surface area contributed by atoms with E-state index in [4.69, 9.17) is 23.9 Å². The number of nitrogens with one attached hydrogen (secondary N) is 3. The fourth-order valence-corrected chi connectivity index (χ4v) is 14.2. The number of piperidine rings is 1. The molecule has 71 heavy (non-hydrogen) atoms. The molecule has 372 valence electrons. The van der Waals surface area contributed by atoms with Crippen LogP contribution < -0.4 is 29.3 Å². The summed E-state index contributed by atoms with van der Waals surface area (Å²) in [5.74, 6) is 1.73. The molecule has 18 heteroatoms. The number of H-pyrrole nitrogens is 1. The Bertz CT molecular complexity index is 3000. The summed E-state index contributed by atoms with van der Waals surface area (Å²) < 4.78 is 55.1. The van der Waals surface area contributed by atoms with Crippen LogP contribution in [0.15, 0.2) is 83.9 Å². The van der Waals surface area contributed by atoms with Gasteiger partial charge in [-0.2, -0.15) is 4.98 Å². The van der Waals surface area contributed by atoms with Gasteiger partial charge in [-0.05, 0) is 143 Å². The fraction of sp³-hybridized carbons (Fsp3) is 0.509. The first-order chi connectivity index (χ1) is 34.5. The van der Waals surface area contributed by atoms with Crippen molar-refractivity contribution in [3.63, 3.8) is 0 Å². The minimum atomic E-state index is -4.59. The van der Waals surface area contributed by atoms with Crippen LogP contribution in [0.5, 0.6) is 11.6 Å². The molecule has 4 saturated carbocycles. The summed E-state index contributed by atoms with van der Waals surface area (Å²) >= 11 is 0. The first kappa shape index (κ1) is 45.0. The Balaban J connectivity index is 0.760. The second-order valence-electron chi connectivity index (χ2n) is 21.6. The van der Waals surface area contributed by atoms with Crippen molar-refractivity contribution in [3.05, 3.63) is 100 Å². The number of ether oxygens (including phenoxy) is 4. The molecule has 5 aromatic rings. The molecule has 8 fully saturated rings. The molecule has 1 spiro atoms. The number of carbonyl (C=O) groups excluding carboxylic acids is 1. The molecule has 5 aliphatic heterocycles. The summed E-state index contributed by atoms with van der Waals surface area (Å²) in [5.41, 5.74) is 4.32.